The van der Waals surface area contributed by atoms with Crippen molar-refractivity contribution in [3.8, 4) is 0 Å². The first kappa shape index (κ1) is 12.3. The molecule has 7 nitrogen and oxygen atoms in total. The Morgan fingerprint density at radius 2 is 2.28 bits per heavy atom. The number of likely N-dealkylation sites (tertiary alicyclic amines) is 1. The number of amides is 1. The molecule has 2 rings (SSSR count). The minimum Gasteiger partial charge on any atom is -0.358 e. The zero-order valence-electron chi connectivity index (χ0n) is 10.2. The van der Waals surface area contributed by atoms with E-state index in [0.29, 0.717) is 24.5 Å². The van der Waals surface area contributed by atoms with E-state index in [0.717, 1.165) is 0 Å². The molecule has 0 bridgehead atoms. The van der Waals surface area contributed by atoms with Crippen LogP contribution in [-0.2, 0) is 4.79 Å². The van der Waals surface area contributed by atoms with E-state index in [1.165, 1.54) is 12.1 Å². The van der Waals surface area contributed by atoms with E-state index < -0.39 is 4.92 Å². The summed E-state index contributed by atoms with van der Waals surface area (Å²) >= 11 is 0. The summed E-state index contributed by atoms with van der Waals surface area (Å²) < 4.78 is 0. The molecule has 1 aliphatic rings. The van der Waals surface area contributed by atoms with Gasteiger partial charge in [-0.3, -0.25) is 14.9 Å². The number of rotatable bonds is 3. The number of nitrogens with zero attached hydrogens (tertiary/aromatic N) is 3. The normalized spacial score (nSPS) is 19.1. The lowest BCUT2D eigenvalue weighted by Crippen LogP contribution is -2.31. The minimum atomic E-state index is -0.472. The molecule has 1 saturated heterocycles. The van der Waals surface area contributed by atoms with Crippen molar-refractivity contribution in [1.82, 2.24) is 9.88 Å². The van der Waals surface area contributed by atoms with Crippen molar-refractivity contribution in [3.05, 3.63) is 27.9 Å². The van der Waals surface area contributed by atoms with Crippen molar-refractivity contribution in [2.24, 2.45) is 0 Å². The Bertz CT molecular complexity index is 503. The second kappa shape index (κ2) is 4.59. The van der Waals surface area contributed by atoms with Crippen LogP contribution in [0.1, 0.15) is 12.1 Å². The Labute approximate surface area is 104 Å². The number of pyridine rings is 1. The second-order valence-electron chi connectivity index (χ2n) is 4.30. The van der Waals surface area contributed by atoms with Gasteiger partial charge in [0, 0.05) is 19.7 Å². The fraction of sp³-hybridized carbons (Fsp3) is 0.455. The van der Waals surface area contributed by atoms with Gasteiger partial charge in [-0.15, -0.1) is 0 Å². The number of anilines is 1. The molecule has 0 aliphatic carbocycles. The largest absolute Gasteiger partial charge is 0.358 e. The van der Waals surface area contributed by atoms with Gasteiger partial charge in [-0.2, -0.15) is 0 Å². The minimum absolute atomic E-state index is 0.0181. The third-order valence-corrected chi connectivity index (χ3v) is 3.00. The van der Waals surface area contributed by atoms with E-state index in [1.807, 2.05) is 0 Å². The summed E-state index contributed by atoms with van der Waals surface area (Å²) in [5.41, 5.74) is 0.319. The van der Waals surface area contributed by atoms with Crippen molar-refractivity contribution in [3.63, 3.8) is 0 Å². The molecule has 0 saturated carbocycles. The molecule has 1 aliphatic heterocycles. The molecule has 1 aromatic heterocycles. The third-order valence-electron chi connectivity index (χ3n) is 3.00. The van der Waals surface area contributed by atoms with Crippen LogP contribution in [0.2, 0.25) is 0 Å². The number of aryl methyl sites for hydroxylation is 1. The van der Waals surface area contributed by atoms with E-state index >= 15 is 0 Å². The van der Waals surface area contributed by atoms with Gasteiger partial charge in [0.1, 0.15) is 17.6 Å². The maximum Gasteiger partial charge on any atom is 0.290 e. The Morgan fingerprint density at radius 1 is 1.56 bits per heavy atom. The maximum absolute atomic E-state index is 11.7. The van der Waals surface area contributed by atoms with Crippen molar-refractivity contribution >= 4 is 17.4 Å². The molecule has 0 radical (unpaired) electrons. The Hall–Kier alpha value is -2.18. The Balaban J connectivity index is 2.14. The number of aromatic nitrogens is 1. The Morgan fingerprint density at radius 3 is 2.78 bits per heavy atom. The number of nitrogens with one attached hydrogen (secondary N) is 1. The van der Waals surface area contributed by atoms with Crippen LogP contribution >= 0.6 is 0 Å². The van der Waals surface area contributed by atoms with Gasteiger partial charge in [0.2, 0.25) is 5.91 Å². The van der Waals surface area contributed by atoms with Crippen LogP contribution < -0.4 is 5.32 Å². The summed E-state index contributed by atoms with van der Waals surface area (Å²) in [4.78, 5) is 27.6. The van der Waals surface area contributed by atoms with Gasteiger partial charge < -0.3 is 10.2 Å². The topological polar surface area (TPSA) is 88.4 Å². The number of likely N-dealkylation sites (N-methyl/N-ethyl adjacent to an activating group) is 1. The first-order valence-electron chi connectivity index (χ1n) is 5.62. The molecule has 1 aromatic rings. The molecule has 1 unspecified atom stereocenters. The SMILES string of the molecule is Cc1nc(NC2CCN(C)C2=O)ccc1[N+](=O)[O-]. The van der Waals surface area contributed by atoms with Crippen LogP contribution in [-0.4, -0.2) is 40.3 Å². The molecule has 1 atom stereocenters. The molecular weight excluding hydrogens is 236 g/mol. The standard InChI is InChI=1S/C11H14N4O3/c1-7-9(15(17)18)3-4-10(12-7)13-8-5-6-14(2)11(8)16/h3-4,8H,5-6H2,1-2H3,(H,12,13). The van der Waals surface area contributed by atoms with E-state index in [-0.39, 0.29) is 17.6 Å². The molecular formula is C11H14N4O3. The zero-order chi connectivity index (χ0) is 13.3. The highest BCUT2D eigenvalue weighted by Gasteiger charge is 2.29. The summed E-state index contributed by atoms with van der Waals surface area (Å²) in [5.74, 6) is 0.513. The van der Waals surface area contributed by atoms with Gasteiger partial charge in [-0.25, -0.2) is 4.98 Å². The molecule has 0 spiro atoms. The van der Waals surface area contributed by atoms with Crippen molar-refractivity contribution in [2.75, 3.05) is 18.9 Å². The summed E-state index contributed by atoms with van der Waals surface area (Å²) in [6.45, 7) is 2.29. The predicted octanol–water partition coefficient (Wildman–Crippen LogP) is 0.941. The molecule has 18 heavy (non-hydrogen) atoms. The fourth-order valence-corrected chi connectivity index (χ4v) is 1.96. The average molecular weight is 250 g/mol. The van der Waals surface area contributed by atoms with Crippen LogP contribution in [0.4, 0.5) is 11.5 Å². The summed E-state index contributed by atoms with van der Waals surface area (Å²) in [6.07, 6.45) is 0.715. The number of hydrogen-bond acceptors (Lipinski definition) is 5. The van der Waals surface area contributed by atoms with Crippen LogP contribution in [0.3, 0.4) is 0 Å². The third kappa shape index (κ3) is 2.24. The second-order valence-corrected chi connectivity index (χ2v) is 4.30. The summed E-state index contributed by atoms with van der Waals surface area (Å²) in [5, 5.41) is 13.7. The quantitative estimate of drug-likeness (QED) is 0.637. The first-order valence-corrected chi connectivity index (χ1v) is 5.62. The van der Waals surface area contributed by atoms with Gasteiger partial charge >= 0.3 is 0 Å². The zero-order valence-corrected chi connectivity index (χ0v) is 10.2. The molecule has 7 heteroatoms. The van der Waals surface area contributed by atoms with E-state index in [2.05, 4.69) is 10.3 Å². The van der Waals surface area contributed by atoms with Gasteiger partial charge in [0.25, 0.3) is 5.69 Å². The van der Waals surface area contributed by atoms with Crippen LogP contribution in [0.15, 0.2) is 12.1 Å². The van der Waals surface area contributed by atoms with Crippen molar-refractivity contribution in [1.29, 1.82) is 0 Å². The Kier molecular flexibility index (Phi) is 3.14. The van der Waals surface area contributed by atoms with Crippen LogP contribution in [0.5, 0.6) is 0 Å². The smallest absolute Gasteiger partial charge is 0.290 e. The van der Waals surface area contributed by atoms with E-state index in [9.17, 15) is 14.9 Å². The molecule has 1 amide bonds. The lowest BCUT2D eigenvalue weighted by molar-refractivity contribution is -0.385. The number of carbonyl (C=O) groups excluding carboxylic acids is 1. The van der Waals surface area contributed by atoms with Gasteiger partial charge in [-0.1, -0.05) is 0 Å². The highest BCUT2D eigenvalue weighted by Crippen LogP contribution is 2.20. The van der Waals surface area contributed by atoms with Crippen LogP contribution in [0.25, 0.3) is 0 Å². The summed E-state index contributed by atoms with van der Waals surface area (Å²) in [7, 11) is 1.75. The van der Waals surface area contributed by atoms with Gasteiger partial charge in [0.05, 0.1) is 4.92 Å². The lowest BCUT2D eigenvalue weighted by Gasteiger charge is -2.12. The number of hydrogen-bond donors (Lipinski definition) is 1. The van der Waals surface area contributed by atoms with E-state index in [4.69, 9.17) is 0 Å². The highest BCUT2D eigenvalue weighted by molar-refractivity contribution is 5.86. The van der Waals surface area contributed by atoms with Gasteiger partial charge in [-0.05, 0) is 19.4 Å². The first-order chi connectivity index (χ1) is 8.49. The van der Waals surface area contributed by atoms with Crippen molar-refractivity contribution < 1.29 is 9.72 Å². The summed E-state index contributed by atoms with van der Waals surface area (Å²) in [6, 6.07) is 2.63. The average Bonchev–Trinajstić information content (AvgIpc) is 2.61. The number of nitro groups is 1. The molecule has 1 N–H and O–H groups in total. The number of carbonyl (C=O) groups is 1. The monoisotopic (exact) mass is 250 g/mol. The van der Waals surface area contributed by atoms with Gasteiger partial charge in [0.15, 0.2) is 0 Å². The molecule has 1 fully saturated rings. The highest BCUT2D eigenvalue weighted by atomic mass is 16.6. The van der Waals surface area contributed by atoms with Crippen molar-refractivity contribution in [2.45, 2.75) is 19.4 Å². The molecule has 2 heterocycles. The fourth-order valence-electron chi connectivity index (χ4n) is 1.96. The molecule has 0 aromatic carbocycles. The van der Waals surface area contributed by atoms with Crippen LogP contribution in [0, 0.1) is 17.0 Å². The maximum atomic E-state index is 11.7. The predicted molar refractivity (Wildman–Crippen MR) is 65.3 cm³/mol. The lowest BCUT2D eigenvalue weighted by atomic mass is 10.2. The molecule has 96 valence electrons. The van der Waals surface area contributed by atoms with E-state index in [1.54, 1.807) is 18.9 Å².